The molecule has 2 rings (SSSR count). The monoisotopic (exact) mass is 300 g/mol. The first-order valence-electron chi connectivity index (χ1n) is 5.21. The molecule has 92 valence electrons. The second-order valence-corrected chi connectivity index (χ2v) is 5.49. The number of hydrogen-bond acceptors (Lipinski definition) is 3. The number of carboxylic acid groups (broad SMARTS) is 1. The lowest BCUT2D eigenvalue weighted by atomic mass is 9.81. The summed E-state index contributed by atoms with van der Waals surface area (Å²) in [5.74, 6) is 0.535. The van der Waals surface area contributed by atoms with Crippen LogP contribution in [-0.4, -0.2) is 17.9 Å². The minimum atomic E-state index is -0.820. The van der Waals surface area contributed by atoms with Crippen molar-refractivity contribution in [1.82, 2.24) is 0 Å². The van der Waals surface area contributed by atoms with Gasteiger partial charge in [-0.05, 0) is 17.7 Å². The Labute approximate surface area is 108 Å². The first kappa shape index (κ1) is 12.2. The van der Waals surface area contributed by atoms with Crippen LogP contribution < -0.4 is 9.47 Å². The smallest absolute Gasteiger partial charge is 0.304 e. The van der Waals surface area contributed by atoms with Crippen LogP contribution in [0.1, 0.15) is 25.8 Å². The van der Waals surface area contributed by atoms with E-state index in [0.717, 1.165) is 10.0 Å². The minimum Gasteiger partial charge on any atom is -0.481 e. The molecule has 0 amide bonds. The van der Waals surface area contributed by atoms with Gasteiger partial charge in [0.15, 0.2) is 11.5 Å². The number of rotatable bonds is 3. The number of carbonyl (C=O) groups is 1. The highest BCUT2D eigenvalue weighted by Gasteiger charge is 2.29. The van der Waals surface area contributed by atoms with Gasteiger partial charge in [0.25, 0.3) is 0 Å². The molecule has 0 aromatic heterocycles. The molecule has 0 bridgehead atoms. The lowest BCUT2D eigenvalue weighted by molar-refractivity contribution is -0.138. The van der Waals surface area contributed by atoms with Gasteiger partial charge in [-0.2, -0.15) is 0 Å². The fourth-order valence-electron chi connectivity index (χ4n) is 1.91. The van der Waals surface area contributed by atoms with Crippen molar-refractivity contribution in [3.63, 3.8) is 0 Å². The molecular formula is C12H13BrO4. The number of hydrogen-bond donors (Lipinski definition) is 1. The molecule has 1 aliphatic heterocycles. The average molecular weight is 301 g/mol. The third-order valence-corrected chi connectivity index (χ3v) is 3.44. The summed E-state index contributed by atoms with van der Waals surface area (Å²) in [6.45, 7) is 4.00. The number of fused-ring (bicyclic) bond motifs is 1. The lowest BCUT2D eigenvalue weighted by Gasteiger charge is -2.24. The van der Waals surface area contributed by atoms with Crippen molar-refractivity contribution >= 4 is 21.9 Å². The Morgan fingerprint density at radius 2 is 2.00 bits per heavy atom. The van der Waals surface area contributed by atoms with E-state index in [4.69, 9.17) is 14.6 Å². The predicted molar refractivity (Wildman–Crippen MR) is 65.5 cm³/mol. The first-order chi connectivity index (χ1) is 7.90. The van der Waals surface area contributed by atoms with Crippen LogP contribution >= 0.6 is 15.9 Å². The van der Waals surface area contributed by atoms with Crippen LogP contribution in [0.2, 0.25) is 0 Å². The number of aliphatic carboxylic acids is 1. The van der Waals surface area contributed by atoms with Crippen LogP contribution in [0.3, 0.4) is 0 Å². The van der Waals surface area contributed by atoms with Gasteiger partial charge in [-0.3, -0.25) is 4.79 Å². The normalized spacial score (nSPS) is 13.8. The zero-order chi connectivity index (χ0) is 12.6. The molecule has 0 radical (unpaired) electrons. The molecule has 17 heavy (non-hydrogen) atoms. The van der Waals surface area contributed by atoms with Crippen LogP contribution in [0, 0.1) is 0 Å². The van der Waals surface area contributed by atoms with E-state index in [1.54, 1.807) is 0 Å². The average Bonchev–Trinajstić information content (AvgIpc) is 2.60. The fraction of sp³-hybridized carbons (Fsp3) is 0.417. The summed E-state index contributed by atoms with van der Waals surface area (Å²) in [7, 11) is 0. The molecule has 0 fully saturated rings. The van der Waals surface area contributed by atoms with Crippen LogP contribution in [0.15, 0.2) is 16.6 Å². The Morgan fingerprint density at radius 3 is 2.59 bits per heavy atom. The molecule has 0 saturated carbocycles. The SMILES string of the molecule is CC(C)(CC(=O)O)c1cc2c(cc1Br)OCO2. The Balaban J connectivity index is 2.41. The van der Waals surface area contributed by atoms with Gasteiger partial charge in [0.2, 0.25) is 6.79 Å². The zero-order valence-corrected chi connectivity index (χ0v) is 11.2. The van der Waals surface area contributed by atoms with E-state index >= 15 is 0 Å². The van der Waals surface area contributed by atoms with Crippen molar-refractivity contribution in [2.45, 2.75) is 25.7 Å². The summed E-state index contributed by atoms with van der Waals surface area (Å²) in [6, 6.07) is 3.66. The van der Waals surface area contributed by atoms with Crippen LogP contribution in [0.25, 0.3) is 0 Å². The molecule has 0 atom stereocenters. The largest absolute Gasteiger partial charge is 0.481 e. The Bertz CT molecular complexity index is 468. The van der Waals surface area contributed by atoms with Crippen LogP contribution in [0.4, 0.5) is 0 Å². The number of ether oxygens (including phenoxy) is 2. The van der Waals surface area contributed by atoms with E-state index in [0.29, 0.717) is 11.5 Å². The third-order valence-electron chi connectivity index (χ3n) is 2.78. The second-order valence-electron chi connectivity index (χ2n) is 4.64. The predicted octanol–water partition coefficient (Wildman–Crippen LogP) is 2.93. The standard InChI is InChI=1S/C12H13BrO4/c1-12(2,5-11(14)15)7-3-9-10(4-8(7)13)17-6-16-9/h3-4H,5-6H2,1-2H3,(H,14,15). The zero-order valence-electron chi connectivity index (χ0n) is 9.62. The molecule has 5 heteroatoms. The molecule has 0 spiro atoms. The van der Waals surface area contributed by atoms with Gasteiger partial charge in [0, 0.05) is 9.89 Å². The lowest BCUT2D eigenvalue weighted by Crippen LogP contribution is -2.22. The summed E-state index contributed by atoms with van der Waals surface area (Å²) < 4.78 is 11.4. The van der Waals surface area contributed by atoms with Crippen molar-refractivity contribution in [3.8, 4) is 11.5 Å². The molecule has 1 aromatic carbocycles. The Hall–Kier alpha value is -1.23. The highest BCUT2D eigenvalue weighted by atomic mass is 79.9. The molecule has 0 unspecified atom stereocenters. The Kier molecular flexibility index (Phi) is 3.03. The highest BCUT2D eigenvalue weighted by Crippen LogP contribution is 2.42. The van der Waals surface area contributed by atoms with Crippen molar-refractivity contribution in [2.75, 3.05) is 6.79 Å². The fourth-order valence-corrected chi connectivity index (χ4v) is 2.77. The second kappa shape index (κ2) is 4.22. The van der Waals surface area contributed by atoms with E-state index in [1.807, 2.05) is 26.0 Å². The molecule has 0 saturated heterocycles. The molecule has 1 aliphatic rings. The first-order valence-corrected chi connectivity index (χ1v) is 6.01. The minimum absolute atomic E-state index is 0.0608. The molecule has 0 aliphatic carbocycles. The van der Waals surface area contributed by atoms with Gasteiger partial charge in [0.05, 0.1) is 6.42 Å². The molecule has 1 N–H and O–H groups in total. The van der Waals surface area contributed by atoms with E-state index in [2.05, 4.69) is 15.9 Å². The maximum absolute atomic E-state index is 10.9. The summed E-state index contributed by atoms with van der Waals surface area (Å²) in [6.07, 6.45) is 0.0608. The van der Waals surface area contributed by atoms with E-state index in [1.165, 1.54) is 0 Å². The maximum Gasteiger partial charge on any atom is 0.304 e. The van der Waals surface area contributed by atoms with Crippen LogP contribution in [0.5, 0.6) is 11.5 Å². The van der Waals surface area contributed by atoms with E-state index in [-0.39, 0.29) is 13.2 Å². The molecular weight excluding hydrogens is 288 g/mol. The van der Waals surface area contributed by atoms with Gasteiger partial charge in [-0.1, -0.05) is 29.8 Å². The number of carboxylic acids is 1. The number of halogens is 1. The molecule has 4 nitrogen and oxygen atoms in total. The van der Waals surface area contributed by atoms with Crippen molar-refractivity contribution in [2.24, 2.45) is 0 Å². The summed E-state index contributed by atoms with van der Waals surface area (Å²) in [4.78, 5) is 10.9. The van der Waals surface area contributed by atoms with Gasteiger partial charge in [-0.25, -0.2) is 0 Å². The van der Waals surface area contributed by atoms with Gasteiger partial charge in [0.1, 0.15) is 0 Å². The van der Waals surface area contributed by atoms with Gasteiger partial charge >= 0.3 is 5.97 Å². The summed E-state index contributed by atoms with van der Waals surface area (Å²) in [5, 5.41) is 8.92. The highest BCUT2D eigenvalue weighted by molar-refractivity contribution is 9.10. The quantitative estimate of drug-likeness (QED) is 0.932. The topological polar surface area (TPSA) is 55.8 Å². The number of benzene rings is 1. The van der Waals surface area contributed by atoms with Gasteiger partial charge in [-0.15, -0.1) is 0 Å². The molecule has 1 heterocycles. The van der Waals surface area contributed by atoms with Crippen molar-refractivity contribution < 1.29 is 19.4 Å². The Morgan fingerprint density at radius 1 is 1.41 bits per heavy atom. The van der Waals surface area contributed by atoms with E-state index < -0.39 is 11.4 Å². The summed E-state index contributed by atoms with van der Waals surface area (Å²) >= 11 is 3.45. The van der Waals surface area contributed by atoms with Crippen LogP contribution in [-0.2, 0) is 10.2 Å². The van der Waals surface area contributed by atoms with Crippen molar-refractivity contribution in [1.29, 1.82) is 0 Å². The molecule has 1 aromatic rings. The summed E-state index contributed by atoms with van der Waals surface area (Å²) in [5.41, 5.74) is 0.440. The maximum atomic E-state index is 10.9. The van der Waals surface area contributed by atoms with Crippen molar-refractivity contribution in [3.05, 3.63) is 22.2 Å². The third kappa shape index (κ3) is 2.39. The van der Waals surface area contributed by atoms with E-state index in [9.17, 15) is 4.79 Å². The van der Waals surface area contributed by atoms with Gasteiger partial charge < -0.3 is 14.6 Å².